The molecule has 0 spiro atoms. The summed E-state index contributed by atoms with van der Waals surface area (Å²) in [5.74, 6) is 0. The molecule has 0 saturated heterocycles. The van der Waals surface area contributed by atoms with Crippen LogP contribution in [0.15, 0.2) is 182 Å². The second kappa shape index (κ2) is 13.3. The van der Waals surface area contributed by atoms with Gasteiger partial charge >= 0.3 is 0 Å². The van der Waals surface area contributed by atoms with Crippen LogP contribution in [0.5, 0.6) is 0 Å². The first kappa shape index (κ1) is 34.8. The van der Waals surface area contributed by atoms with Crippen LogP contribution in [0.25, 0.3) is 118 Å². The smallest absolute Gasteiger partial charge is 0.102 e. The standard InChI is InChI=1S/C56H30N4S2/c57-31-41-49(33-15-3-1-4-16-33)42(32-58)54(60-44-24-12-8-22-40(44)52-46(60)30-28-38-36-20-10-14-26-48(36)62-56(38)52)50(34-17-5-2-6-18-34)53(41)59-43-23-11-7-21-39(43)51-45(59)29-27-37-35-19-9-13-25-47(35)61-55(37)51/h1-30H. The van der Waals surface area contributed by atoms with Crippen molar-refractivity contribution < 1.29 is 0 Å². The third kappa shape index (κ3) is 4.68. The minimum atomic E-state index is 0.446. The molecule has 0 unspecified atom stereocenters. The Labute approximate surface area is 363 Å². The Balaban J connectivity index is 1.30. The second-order valence-corrected chi connectivity index (χ2v) is 17.8. The lowest BCUT2D eigenvalue weighted by molar-refractivity contribution is 1.12. The highest BCUT2D eigenvalue weighted by molar-refractivity contribution is 7.27. The summed E-state index contributed by atoms with van der Waals surface area (Å²) in [5.41, 5.74) is 9.51. The molecule has 4 heterocycles. The van der Waals surface area contributed by atoms with Gasteiger partial charge in [-0.1, -0.05) is 146 Å². The molecule has 4 nitrogen and oxygen atoms in total. The van der Waals surface area contributed by atoms with Crippen LogP contribution < -0.4 is 0 Å². The molecule has 0 bridgehead atoms. The number of para-hydroxylation sites is 2. The average molecular weight is 823 g/mol. The van der Waals surface area contributed by atoms with E-state index in [1.165, 1.54) is 40.3 Å². The number of fused-ring (bicyclic) bond motifs is 14. The quantitative estimate of drug-likeness (QED) is 0.178. The van der Waals surface area contributed by atoms with Crippen LogP contribution in [0, 0.1) is 22.7 Å². The van der Waals surface area contributed by atoms with Gasteiger partial charge in [0.2, 0.25) is 0 Å². The van der Waals surface area contributed by atoms with Gasteiger partial charge < -0.3 is 9.13 Å². The van der Waals surface area contributed by atoms with E-state index in [0.29, 0.717) is 16.7 Å². The predicted molar refractivity (Wildman–Crippen MR) is 261 cm³/mol. The third-order valence-electron chi connectivity index (χ3n) is 12.6. The number of hydrogen-bond acceptors (Lipinski definition) is 4. The zero-order chi connectivity index (χ0) is 41.1. The van der Waals surface area contributed by atoms with Crippen LogP contribution in [0.2, 0.25) is 0 Å². The van der Waals surface area contributed by atoms with Gasteiger partial charge in [0.25, 0.3) is 0 Å². The first-order chi connectivity index (χ1) is 30.7. The molecule has 62 heavy (non-hydrogen) atoms. The van der Waals surface area contributed by atoms with Gasteiger partial charge in [-0.2, -0.15) is 10.5 Å². The van der Waals surface area contributed by atoms with Crippen molar-refractivity contribution in [3.8, 4) is 45.8 Å². The molecule has 0 fully saturated rings. The fraction of sp³-hybridized carbons (Fsp3) is 0. The normalized spacial score (nSPS) is 11.8. The first-order valence-electron chi connectivity index (χ1n) is 20.6. The van der Waals surface area contributed by atoms with E-state index in [0.717, 1.165) is 71.7 Å². The molecule has 13 aromatic rings. The van der Waals surface area contributed by atoms with Crippen LogP contribution in [0.1, 0.15) is 11.1 Å². The summed E-state index contributed by atoms with van der Waals surface area (Å²) in [6, 6.07) is 69.1. The minimum Gasteiger partial charge on any atom is -0.307 e. The number of rotatable bonds is 4. The maximum absolute atomic E-state index is 11.7. The van der Waals surface area contributed by atoms with Crippen LogP contribution in [-0.4, -0.2) is 9.13 Å². The van der Waals surface area contributed by atoms with Gasteiger partial charge in [0.1, 0.15) is 12.1 Å². The van der Waals surface area contributed by atoms with Gasteiger partial charge in [-0.05, 0) is 47.5 Å². The Morgan fingerprint density at radius 1 is 0.339 bits per heavy atom. The first-order valence-corrected chi connectivity index (χ1v) is 22.2. The summed E-state index contributed by atoms with van der Waals surface area (Å²) in [4.78, 5) is 0. The van der Waals surface area contributed by atoms with E-state index in [9.17, 15) is 10.5 Å². The Morgan fingerprint density at radius 2 is 0.726 bits per heavy atom. The number of thiophene rings is 2. The summed E-state index contributed by atoms with van der Waals surface area (Å²) in [6.07, 6.45) is 0. The molecule has 0 aliphatic rings. The highest BCUT2D eigenvalue weighted by atomic mass is 32.1. The molecule has 0 aliphatic heterocycles. The summed E-state index contributed by atoms with van der Waals surface area (Å²) >= 11 is 3.63. The van der Waals surface area contributed by atoms with E-state index in [1.54, 1.807) is 0 Å². The van der Waals surface area contributed by atoms with Gasteiger partial charge in [0.05, 0.1) is 44.6 Å². The van der Waals surface area contributed by atoms with Crippen LogP contribution in [0.3, 0.4) is 0 Å². The molecule has 9 aromatic carbocycles. The molecule has 0 N–H and O–H groups in total. The molecule has 0 saturated carbocycles. The Bertz CT molecular complexity index is 3890. The fourth-order valence-electron chi connectivity index (χ4n) is 10.1. The number of hydrogen-bond donors (Lipinski definition) is 0. The van der Waals surface area contributed by atoms with Gasteiger partial charge in [0, 0.05) is 73.0 Å². The van der Waals surface area contributed by atoms with Gasteiger partial charge in [-0.15, -0.1) is 22.7 Å². The third-order valence-corrected chi connectivity index (χ3v) is 15.0. The Kier molecular flexibility index (Phi) is 7.44. The van der Waals surface area contributed by atoms with E-state index < -0.39 is 0 Å². The fourth-order valence-corrected chi connectivity index (χ4v) is 12.6. The molecule has 6 heteroatoms. The lowest BCUT2D eigenvalue weighted by atomic mass is 9.86. The van der Waals surface area contributed by atoms with E-state index in [4.69, 9.17) is 0 Å². The van der Waals surface area contributed by atoms with Gasteiger partial charge in [-0.25, -0.2) is 0 Å². The molecular weight excluding hydrogens is 793 g/mol. The summed E-state index contributed by atoms with van der Waals surface area (Å²) in [5, 5.41) is 32.9. The molecule has 4 aromatic heterocycles. The topological polar surface area (TPSA) is 57.4 Å². The molecule has 0 radical (unpaired) electrons. The molecule has 0 atom stereocenters. The molecule has 0 amide bonds. The highest BCUT2D eigenvalue weighted by Crippen LogP contribution is 2.51. The average Bonchev–Trinajstić information content (AvgIpc) is 4.09. The van der Waals surface area contributed by atoms with Crippen molar-refractivity contribution in [2.45, 2.75) is 0 Å². The Hall–Kier alpha value is -8.00. The summed E-state index contributed by atoms with van der Waals surface area (Å²) in [6.45, 7) is 0. The van der Waals surface area contributed by atoms with Crippen molar-refractivity contribution in [3.63, 3.8) is 0 Å². The van der Waals surface area contributed by atoms with Crippen LogP contribution in [0.4, 0.5) is 0 Å². The zero-order valence-corrected chi connectivity index (χ0v) is 34.6. The number of nitriles is 2. The van der Waals surface area contributed by atoms with Crippen LogP contribution >= 0.6 is 22.7 Å². The van der Waals surface area contributed by atoms with Crippen molar-refractivity contribution in [2.24, 2.45) is 0 Å². The van der Waals surface area contributed by atoms with Crippen molar-refractivity contribution in [1.29, 1.82) is 10.5 Å². The summed E-state index contributed by atoms with van der Waals surface area (Å²) in [7, 11) is 0. The second-order valence-electron chi connectivity index (χ2n) is 15.7. The summed E-state index contributed by atoms with van der Waals surface area (Å²) < 4.78 is 9.52. The van der Waals surface area contributed by atoms with Crippen molar-refractivity contribution >= 4 is 107 Å². The largest absolute Gasteiger partial charge is 0.307 e. The van der Waals surface area contributed by atoms with Crippen molar-refractivity contribution in [1.82, 2.24) is 9.13 Å². The van der Waals surface area contributed by atoms with Crippen molar-refractivity contribution in [3.05, 3.63) is 193 Å². The van der Waals surface area contributed by atoms with E-state index in [1.807, 2.05) is 71.2 Å². The number of benzene rings is 9. The van der Waals surface area contributed by atoms with E-state index >= 15 is 0 Å². The SMILES string of the molecule is N#Cc1c(-c2ccccc2)c(C#N)c(-n2c3ccccc3c3c4sc5ccccc5c4ccc32)c(-c2ccccc2)c1-n1c2ccccc2c2c3sc4ccccc4c3ccc21. The molecule has 13 rings (SSSR count). The molecular formula is C56H30N4S2. The predicted octanol–water partition coefficient (Wildman–Crippen LogP) is 15.7. The molecule has 0 aliphatic carbocycles. The van der Waals surface area contributed by atoms with E-state index in [-0.39, 0.29) is 0 Å². The maximum Gasteiger partial charge on any atom is 0.102 e. The maximum atomic E-state index is 11.7. The molecule has 286 valence electrons. The van der Waals surface area contributed by atoms with Crippen molar-refractivity contribution in [2.75, 3.05) is 0 Å². The van der Waals surface area contributed by atoms with Gasteiger partial charge in [0.15, 0.2) is 0 Å². The highest BCUT2D eigenvalue weighted by Gasteiger charge is 2.32. The lowest BCUT2D eigenvalue weighted by Gasteiger charge is -2.25. The lowest BCUT2D eigenvalue weighted by Crippen LogP contribution is -2.11. The monoisotopic (exact) mass is 822 g/mol. The number of aromatic nitrogens is 2. The minimum absolute atomic E-state index is 0.446. The van der Waals surface area contributed by atoms with E-state index in [2.05, 4.69) is 155 Å². The number of nitrogens with zero attached hydrogens (tertiary/aromatic N) is 4. The van der Waals surface area contributed by atoms with Crippen LogP contribution in [-0.2, 0) is 0 Å². The van der Waals surface area contributed by atoms with Gasteiger partial charge in [-0.3, -0.25) is 0 Å². The Morgan fingerprint density at radius 3 is 1.18 bits per heavy atom. The zero-order valence-electron chi connectivity index (χ0n) is 32.9.